The SMILES string of the molecule is CCCCCNC(=O)NCCCCC=CCCCCCO[Si](c1ccccc1)(c1ccccc1)C(C)(C)C. The summed E-state index contributed by atoms with van der Waals surface area (Å²) in [7, 11) is -2.41. The Balaban J connectivity index is 1.67. The van der Waals surface area contributed by atoms with Gasteiger partial charge in [-0.05, 0) is 60.4 Å². The maximum atomic E-state index is 11.7. The number of urea groups is 1. The van der Waals surface area contributed by atoms with E-state index in [0.717, 1.165) is 58.2 Å². The van der Waals surface area contributed by atoms with Crippen LogP contribution >= 0.6 is 0 Å². The third kappa shape index (κ3) is 10.8. The Morgan fingerprint density at radius 2 is 1.24 bits per heavy atom. The number of hydrogen-bond acceptors (Lipinski definition) is 2. The summed E-state index contributed by atoms with van der Waals surface area (Å²) >= 11 is 0. The van der Waals surface area contributed by atoms with Crippen LogP contribution < -0.4 is 21.0 Å². The molecule has 0 aromatic heterocycles. The van der Waals surface area contributed by atoms with Gasteiger partial charge in [-0.1, -0.05) is 120 Å². The molecule has 2 aromatic rings. The second-order valence-electron chi connectivity index (χ2n) is 11.2. The van der Waals surface area contributed by atoms with E-state index in [9.17, 15) is 4.79 Å². The molecule has 2 amide bonds. The smallest absolute Gasteiger partial charge is 0.314 e. The Morgan fingerprint density at radius 1 is 0.737 bits per heavy atom. The Morgan fingerprint density at radius 3 is 1.74 bits per heavy atom. The zero-order valence-corrected chi connectivity index (χ0v) is 25.4. The van der Waals surface area contributed by atoms with Crippen molar-refractivity contribution in [3.63, 3.8) is 0 Å². The van der Waals surface area contributed by atoms with Crippen LogP contribution in [0.2, 0.25) is 5.04 Å². The molecule has 0 bridgehead atoms. The fourth-order valence-corrected chi connectivity index (χ4v) is 9.60. The van der Waals surface area contributed by atoms with Gasteiger partial charge in [0, 0.05) is 19.7 Å². The van der Waals surface area contributed by atoms with Gasteiger partial charge in [-0.25, -0.2) is 4.79 Å². The molecule has 2 N–H and O–H groups in total. The van der Waals surface area contributed by atoms with Crippen molar-refractivity contribution in [1.82, 2.24) is 10.6 Å². The van der Waals surface area contributed by atoms with Gasteiger partial charge in [0.05, 0.1) is 0 Å². The van der Waals surface area contributed by atoms with Gasteiger partial charge >= 0.3 is 6.03 Å². The van der Waals surface area contributed by atoms with E-state index in [-0.39, 0.29) is 11.1 Å². The topological polar surface area (TPSA) is 50.4 Å². The fraction of sp³-hybridized carbons (Fsp3) is 0.545. The highest BCUT2D eigenvalue weighted by atomic mass is 28.4. The molecule has 5 heteroatoms. The Labute approximate surface area is 233 Å². The summed E-state index contributed by atoms with van der Waals surface area (Å²) in [6.07, 6.45) is 15.8. The quantitative estimate of drug-likeness (QED) is 0.119. The molecular weight excluding hydrogens is 484 g/mol. The van der Waals surface area contributed by atoms with Crippen molar-refractivity contribution in [1.29, 1.82) is 0 Å². The maximum absolute atomic E-state index is 11.7. The highest BCUT2D eigenvalue weighted by molar-refractivity contribution is 6.99. The zero-order chi connectivity index (χ0) is 27.5. The highest BCUT2D eigenvalue weighted by Gasteiger charge is 2.49. The molecule has 2 aromatic carbocycles. The van der Waals surface area contributed by atoms with Crippen molar-refractivity contribution in [2.24, 2.45) is 0 Å². The highest BCUT2D eigenvalue weighted by Crippen LogP contribution is 2.36. The first-order valence-electron chi connectivity index (χ1n) is 14.8. The largest absolute Gasteiger partial charge is 0.407 e. The van der Waals surface area contributed by atoms with E-state index in [1.807, 2.05) is 0 Å². The van der Waals surface area contributed by atoms with Crippen molar-refractivity contribution in [3.8, 4) is 0 Å². The Hall–Kier alpha value is -2.37. The first kappa shape index (κ1) is 31.8. The van der Waals surface area contributed by atoms with Crippen molar-refractivity contribution < 1.29 is 9.22 Å². The van der Waals surface area contributed by atoms with E-state index < -0.39 is 8.32 Å². The molecule has 0 atom stereocenters. The predicted octanol–water partition coefficient (Wildman–Crippen LogP) is 7.34. The number of amides is 2. The van der Waals surface area contributed by atoms with E-state index in [1.165, 1.54) is 36.1 Å². The predicted molar refractivity (Wildman–Crippen MR) is 166 cm³/mol. The van der Waals surface area contributed by atoms with Crippen molar-refractivity contribution in [2.75, 3.05) is 19.7 Å². The normalized spacial score (nSPS) is 12.1. The zero-order valence-electron chi connectivity index (χ0n) is 24.4. The number of carbonyl (C=O) groups is 1. The lowest BCUT2D eigenvalue weighted by Gasteiger charge is -2.43. The van der Waals surface area contributed by atoms with Gasteiger partial charge in [-0.2, -0.15) is 0 Å². The molecule has 4 nitrogen and oxygen atoms in total. The van der Waals surface area contributed by atoms with Gasteiger partial charge in [0.25, 0.3) is 8.32 Å². The molecular formula is C33H52N2O2Si. The third-order valence-corrected chi connectivity index (χ3v) is 12.1. The van der Waals surface area contributed by atoms with E-state index in [4.69, 9.17) is 4.43 Å². The number of hydrogen-bond donors (Lipinski definition) is 2. The van der Waals surface area contributed by atoms with Crippen LogP contribution in [-0.4, -0.2) is 34.0 Å². The van der Waals surface area contributed by atoms with Gasteiger partial charge < -0.3 is 15.1 Å². The second-order valence-corrected chi connectivity index (χ2v) is 15.5. The average Bonchev–Trinajstić information content (AvgIpc) is 2.92. The lowest BCUT2D eigenvalue weighted by atomic mass is 10.1. The molecule has 0 heterocycles. The Bertz CT molecular complexity index is 870. The van der Waals surface area contributed by atoms with Crippen LogP contribution in [0.3, 0.4) is 0 Å². The molecule has 0 fully saturated rings. The van der Waals surface area contributed by atoms with E-state index in [2.05, 4.69) is 111 Å². The van der Waals surface area contributed by atoms with Crippen LogP contribution in [0, 0.1) is 0 Å². The average molecular weight is 537 g/mol. The molecule has 38 heavy (non-hydrogen) atoms. The molecule has 210 valence electrons. The molecule has 0 aliphatic rings. The number of rotatable bonds is 18. The molecule has 0 aliphatic carbocycles. The van der Waals surface area contributed by atoms with Crippen LogP contribution in [0.15, 0.2) is 72.8 Å². The minimum absolute atomic E-state index is 0.0319. The van der Waals surface area contributed by atoms with Crippen LogP contribution in [0.1, 0.15) is 91.9 Å². The van der Waals surface area contributed by atoms with E-state index in [0.29, 0.717) is 0 Å². The molecule has 0 radical (unpaired) electrons. The second kappa shape index (κ2) is 18.0. The van der Waals surface area contributed by atoms with Gasteiger partial charge in [0.15, 0.2) is 0 Å². The molecule has 0 unspecified atom stereocenters. The third-order valence-electron chi connectivity index (χ3n) is 7.07. The summed E-state index contributed by atoms with van der Waals surface area (Å²) < 4.78 is 6.98. The van der Waals surface area contributed by atoms with Gasteiger partial charge in [0.1, 0.15) is 0 Å². The van der Waals surface area contributed by atoms with E-state index in [1.54, 1.807) is 0 Å². The summed E-state index contributed by atoms with van der Waals surface area (Å²) in [5.41, 5.74) is 0. The Kier molecular flexibility index (Phi) is 15.1. The minimum atomic E-state index is -2.41. The van der Waals surface area contributed by atoms with Crippen LogP contribution in [0.25, 0.3) is 0 Å². The standard InChI is InChI=1S/C33H52N2O2Si/c1-5-6-20-27-34-32(36)35-28-21-12-10-8-7-9-11-13-22-29-37-38(33(2,3)4,30-23-16-14-17-24-30)31-25-18-15-19-26-31/h7-8,14-19,23-26H,5-6,9-13,20-22,27-29H2,1-4H3,(H2,34,35,36). The minimum Gasteiger partial charge on any atom is -0.407 e. The first-order valence-corrected chi connectivity index (χ1v) is 16.7. The van der Waals surface area contributed by atoms with Gasteiger partial charge in [-0.15, -0.1) is 0 Å². The van der Waals surface area contributed by atoms with E-state index >= 15 is 0 Å². The van der Waals surface area contributed by atoms with Crippen LogP contribution in [0.5, 0.6) is 0 Å². The first-order chi connectivity index (χ1) is 18.4. The summed E-state index contributed by atoms with van der Waals surface area (Å²) in [5, 5.41) is 8.60. The number of carbonyl (C=O) groups excluding carboxylic acids is 1. The maximum Gasteiger partial charge on any atom is 0.314 e. The number of unbranched alkanes of at least 4 members (excludes halogenated alkanes) is 7. The van der Waals surface area contributed by atoms with Crippen LogP contribution in [0.4, 0.5) is 4.79 Å². The van der Waals surface area contributed by atoms with Crippen molar-refractivity contribution in [2.45, 2.75) is 96.9 Å². The number of nitrogens with one attached hydrogen (secondary N) is 2. The molecule has 0 spiro atoms. The number of benzene rings is 2. The molecule has 0 aliphatic heterocycles. The summed E-state index contributed by atoms with van der Waals surface area (Å²) in [6, 6.07) is 21.8. The lowest BCUT2D eigenvalue weighted by molar-refractivity contribution is 0.240. The molecule has 0 saturated heterocycles. The number of allylic oxidation sites excluding steroid dienone is 2. The summed E-state index contributed by atoms with van der Waals surface area (Å²) in [4.78, 5) is 11.7. The molecule has 0 saturated carbocycles. The molecule has 2 rings (SSSR count). The lowest BCUT2D eigenvalue weighted by Crippen LogP contribution is -2.66. The van der Waals surface area contributed by atoms with Gasteiger partial charge in [0.2, 0.25) is 0 Å². The summed E-state index contributed by atoms with van der Waals surface area (Å²) in [6.45, 7) is 11.5. The monoisotopic (exact) mass is 536 g/mol. The van der Waals surface area contributed by atoms with Crippen molar-refractivity contribution >= 4 is 24.7 Å². The van der Waals surface area contributed by atoms with Gasteiger partial charge in [-0.3, -0.25) is 0 Å². The van der Waals surface area contributed by atoms with Crippen LogP contribution in [-0.2, 0) is 4.43 Å². The fourth-order valence-electron chi connectivity index (χ4n) is 4.99. The summed E-state index contributed by atoms with van der Waals surface area (Å²) in [5.74, 6) is 0. The van der Waals surface area contributed by atoms with Crippen molar-refractivity contribution in [3.05, 3.63) is 72.8 Å².